The predicted octanol–water partition coefficient (Wildman–Crippen LogP) is 4.51. The van der Waals surface area contributed by atoms with Crippen LogP contribution in [0, 0.1) is 0 Å². The third-order valence-corrected chi connectivity index (χ3v) is 3.43. The molecule has 2 rings (SSSR count). The van der Waals surface area contributed by atoms with Crippen molar-refractivity contribution < 1.29 is 41.4 Å². The second kappa shape index (κ2) is 6.40. The monoisotopic (exact) mass is 364 g/mol. The summed E-state index contributed by atoms with van der Waals surface area (Å²) in [5, 5.41) is 18.5. The Labute approximate surface area is 137 Å². The zero-order chi connectivity index (χ0) is 19.0. The Bertz CT molecular complexity index is 778. The predicted molar refractivity (Wildman–Crippen MR) is 74.5 cm³/mol. The highest BCUT2D eigenvalue weighted by atomic mass is 19.4. The molecule has 0 aromatic heterocycles. The lowest BCUT2D eigenvalue weighted by molar-refractivity contribution is -0.147. The van der Waals surface area contributed by atoms with Gasteiger partial charge in [0.25, 0.3) is 0 Å². The Kier molecular flexibility index (Phi) is 4.81. The van der Waals surface area contributed by atoms with Crippen LogP contribution in [0.25, 0.3) is 11.1 Å². The van der Waals surface area contributed by atoms with Gasteiger partial charge in [0, 0.05) is 11.1 Å². The maximum absolute atomic E-state index is 13.2. The van der Waals surface area contributed by atoms with E-state index < -0.39 is 46.7 Å². The number of carboxylic acids is 1. The number of hydrogen-bond donors (Lipinski definition) is 2. The van der Waals surface area contributed by atoms with Gasteiger partial charge in [-0.3, -0.25) is 0 Å². The third kappa shape index (κ3) is 3.93. The van der Waals surface area contributed by atoms with Crippen molar-refractivity contribution in [3.8, 4) is 11.1 Å². The minimum atomic E-state index is -4.90. The highest BCUT2D eigenvalue weighted by molar-refractivity contribution is 5.81. The zero-order valence-electron chi connectivity index (χ0n) is 12.2. The Hall–Kier alpha value is -2.55. The van der Waals surface area contributed by atoms with E-state index in [2.05, 4.69) is 0 Å². The molecule has 0 aliphatic rings. The van der Waals surface area contributed by atoms with Crippen molar-refractivity contribution in [3.05, 3.63) is 59.2 Å². The molecule has 2 aromatic carbocycles. The van der Waals surface area contributed by atoms with E-state index in [0.717, 1.165) is 24.3 Å². The first-order chi connectivity index (χ1) is 11.4. The number of carbonyl (C=O) groups is 1. The van der Waals surface area contributed by atoms with E-state index in [1.165, 1.54) is 0 Å². The van der Waals surface area contributed by atoms with Gasteiger partial charge < -0.3 is 10.2 Å². The summed E-state index contributed by atoms with van der Waals surface area (Å²) in [6, 6.07) is 5.31. The van der Waals surface area contributed by atoms with Gasteiger partial charge in [0.2, 0.25) is 0 Å². The number of rotatable bonds is 3. The minimum absolute atomic E-state index is 0.295. The normalized spacial score (nSPS) is 13.6. The van der Waals surface area contributed by atoms with Crippen molar-refractivity contribution in [2.24, 2.45) is 0 Å². The molecule has 3 nitrogen and oxygen atoms in total. The summed E-state index contributed by atoms with van der Waals surface area (Å²) in [6.07, 6.45) is -11.8. The Morgan fingerprint density at radius 2 is 1.44 bits per heavy atom. The van der Waals surface area contributed by atoms with Gasteiger partial charge in [-0.05, 0) is 23.8 Å². The molecule has 9 heteroatoms. The molecule has 134 valence electrons. The lowest BCUT2D eigenvalue weighted by Crippen LogP contribution is -2.15. The molecule has 2 N–H and O–H groups in total. The van der Waals surface area contributed by atoms with Crippen molar-refractivity contribution >= 4 is 5.97 Å². The maximum atomic E-state index is 13.2. The molecule has 0 fully saturated rings. The van der Waals surface area contributed by atoms with Crippen molar-refractivity contribution in [1.82, 2.24) is 0 Å². The SMILES string of the molecule is O=C(O)C(O)c1cccc(C(F)(F)F)c1-c1ccc(C(F)(F)F)cc1. The Morgan fingerprint density at radius 3 is 1.88 bits per heavy atom. The van der Waals surface area contributed by atoms with E-state index >= 15 is 0 Å². The van der Waals surface area contributed by atoms with Gasteiger partial charge in [0.15, 0.2) is 6.10 Å². The lowest BCUT2D eigenvalue weighted by atomic mass is 9.90. The molecule has 0 heterocycles. The van der Waals surface area contributed by atoms with Crippen LogP contribution in [0.1, 0.15) is 22.8 Å². The first-order valence-electron chi connectivity index (χ1n) is 6.71. The second-order valence-corrected chi connectivity index (χ2v) is 5.08. The van der Waals surface area contributed by atoms with Gasteiger partial charge in [-0.15, -0.1) is 0 Å². The van der Waals surface area contributed by atoms with E-state index in [1.54, 1.807) is 0 Å². The van der Waals surface area contributed by atoms with Crippen molar-refractivity contribution in [2.45, 2.75) is 18.5 Å². The van der Waals surface area contributed by atoms with Crippen LogP contribution in [0.5, 0.6) is 0 Å². The number of hydrogen-bond acceptors (Lipinski definition) is 2. The second-order valence-electron chi connectivity index (χ2n) is 5.08. The molecule has 0 spiro atoms. The van der Waals surface area contributed by atoms with Crippen molar-refractivity contribution in [3.63, 3.8) is 0 Å². The molecule has 0 amide bonds. The summed E-state index contributed by atoms with van der Waals surface area (Å²) >= 11 is 0. The van der Waals surface area contributed by atoms with Crippen molar-refractivity contribution in [2.75, 3.05) is 0 Å². The summed E-state index contributed by atoms with van der Waals surface area (Å²) in [7, 11) is 0. The number of benzene rings is 2. The average molecular weight is 364 g/mol. The fraction of sp³-hybridized carbons (Fsp3) is 0.188. The van der Waals surface area contributed by atoms with Crippen LogP contribution >= 0.6 is 0 Å². The fourth-order valence-electron chi connectivity index (χ4n) is 2.32. The zero-order valence-corrected chi connectivity index (χ0v) is 12.2. The first-order valence-corrected chi connectivity index (χ1v) is 6.71. The summed E-state index contributed by atoms with van der Waals surface area (Å²) in [5.74, 6) is -1.78. The van der Waals surface area contributed by atoms with Crippen LogP contribution in [0.15, 0.2) is 42.5 Å². The first kappa shape index (κ1) is 18.8. The van der Waals surface area contributed by atoms with Gasteiger partial charge >= 0.3 is 18.3 Å². The third-order valence-electron chi connectivity index (χ3n) is 3.43. The lowest BCUT2D eigenvalue weighted by Gasteiger charge is -2.19. The number of aliphatic carboxylic acids is 1. The summed E-state index contributed by atoms with van der Waals surface area (Å²) in [6.45, 7) is 0. The largest absolute Gasteiger partial charge is 0.479 e. The van der Waals surface area contributed by atoms with Crippen molar-refractivity contribution in [1.29, 1.82) is 0 Å². The van der Waals surface area contributed by atoms with Gasteiger partial charge in [0.05, 0.1) is 11.1 Å². The quantitative estimate of drug-likeness (QED) is 0.788. The number of aliphatic hydroxyl groups is 1. The highest BCUT2D eigenvalue weighted by Crippen LogP contribution is 2.41. The molecule has 2 aromatic rings. The molecule has 0 aliphatic carbocycles. The topological polar surface area (TPSA) is 57.5 Å². The number of carboxylic acid groups (broad SMARTS) is 1. The molecule has 0 saturated heterocycles. The van der Waals surface area contributed by atoms with Crippen LogP contribution in [0.3, 0.4) is 0 Å². The number of alkyl halides is 6. The van der Waals surface area contributed by atoms with E-state index in [4.69, 9.17) is 5.11 Å². The summed E-state index contributed by atoms with van der Waals surface area (Å²) < 4.78 is 77.5. The van der Waals surface area contributed by atoms with Gasteiger partial charge in [-0.1, -0.05) is 24.3 Å². The maximum Gasteiger partial charge on any atom is 0.417 e. The van der Waals surface area contributed by atoms with E-state index in [1.807, 2.05) is 0 Å². The molecule has 0 bridgehead atoms. The standard InChI is InChI=1S/C16H10F6O3/c17-15(18,19)9-6-4-8(5-7-9)12-10(13(23)14(24)25)2-1-3-11(12)16(20,21)22/h1-7,13,23H,(H,24,25). The van der Waals surface area contributed by atoms with Crippen LogP contribution in [-0.4, -0.2) is 16.2 Å². The van der Waals surface area contributed by atoms with Crippen LogP contribution in [0.4, 0.5) is 26.3 Å². The molecule has 0 radical (unpaired) electrons. The van der Waals surface area contributed by atoms with Gasteiger partial charge in [-0.2, -0.15) is 26.3 Å². The summed E-state index contributed by atoms with van der Waals surface area (Å²) in [4.78, 5) is 10.9. The molecule has 1 atom stereocenters. The minimum Gasteiger partial charge on any atom is -0.479 e. The smallest absolute Gasteiger partial charge is 0.417 e. The fourth-order valence-corrected chi connectivity index (χ4v) is 2.32. The average Bonchev–Trinajstić information content (AvgIpc) is 2.51. The molecular formula is C16H10F6O3. The summed E-state index contributed by atoms with van der Waals surface area (Å²) in [5.41, 5.74) is -3.87. The van der Waals surface area contributed by atoms with E-state index in [0.29, 0.717) is 18.2 Å². The van der Waals surface area contributed by atoms with Crippen LogP contribution < -0.4 is 0 Å². The number of halogens is 6. The van der Waals surface area contributed by atoms with E-state index in [9.17, 15) is 36.2 Å². The van der Waals surface area contributed by atoms with Crippen LogP contribution in [0.2, 0.25) is 0 Å². The number of aliphatic hydroxyl groups excluding tert-OH is 1. The molecular weight excluding hydrogens is 354 g/mol. The van der Waals surface area contributed by atoms with Gasteiger partial charge in [-0.25, -0.2) is 4.79 Å². The molecule has 0 aliphatic heterocycles. The Morgan fingerprint density at radius 1 is 0.880 bits per heavy atom. The Balaban J connectivity index is 2.71. The highest BCUT2D eigenvalue weighted by Gasteiger charge is 2.37. The molecule has 0 saturated carbocycles. The molecule has 25 heavy (non-hydrogen) atoms. The molecule has 1 unspecified atom stereocenters. The van der Waals surface area contributed by atoms with Crippen LogP contribution in [-0.2, 0) is 17.1 Å². The van der Waals surface area contributed by atoms with E-state index in [-0.39, 0.29) is 5.56 Å². The van der Waals surface area contributed by atoms with Gasteiger partial charge in [0.1, 0.15) is 0 Å².